The fourth-order valence-corrected chi connectivity index (χ4v) is 0.759. The van der Waals surface area contributed by atoms with E-state index in [0.29, 0.717) is 12.5 Å². The van der Waals surface area contributed by atoms with Crippen LogP contribution in [-0.2, 0) is 4.74 Å². The first-order chi connectivity index (χ1) is 5.31. The summed E-state index contributed by atoms with van der Waals surface area (Å²) in [5, 5.41) is 7.25. The standard InChI is InChI=1S/C9H15NO/c1-3-5-6-7-8-9(10)11-4-2/h1,10H,4-8H2,2H3. The van der Waals surface area contributed by atoms with Crippen LogP contribution in [0.4, 0.5) is 0 Å². The average molecular weight is 153 g/mol. The van der Waals surface area contributed by atoms with Gasteiger partial charge in [-0.3, -0.25) is 5.41 Å². The highest BCUT2D eigenvalue weighted by molar-refractivity contribution is 5.72. The molecule has 0 aliphatic carbocycles. The first-order valence-corrected chi connectivity index (χ1v) is 3.95. The van der Waals surface area contributed by atoms with E-state index in [1.165, 1.54) is 0 Å². The van der Waals surface area contributed by atoms with Gasteiger partial charge in [0, 0.05) is 12.8 Å². The van der Waals surface area contributed by atoms with E-state index in [9.17, 15) is 0 Å². The van der Waals surface area contributed by atoms with Crippen LogP contribution in [0.1, 0.15) is 32.6 Å². The lowest BCUT2D eigenvalue weighted by molar-refractivity contribution is 0.312. The highest BCUT2D eigenvalue weighted by Gasteiger charge is 1.94. The monoisotopic (exact) mass is 153 g/mol. The molecule has 0 fully saturated rings. The fourth-order valence-electron chi connectivity index (χ4n) is 0.759. The zero-order valence-corrected chi connectivity index (χ0v) is 7.02. The number of hydrogen-bond donors (Lipinski definition) is 1. The van der Waals surface area contributed by atoms with E-state index >= 15 is 0 Å². The molecule has 0 amide bonds. The van der Waals surface area contributed by atoms with Crippen LogP contribution in [0.15, 0.2) is 0 Å². The Bertz CT molecular complexity index is 146. The molecule has 2 heteroatoms. The van der Waals surface area contributed by atoms with E-state index in [2.05, 4.69) is 5.92 Å². The van der Waals surface area contributed by atoms with Crippen LogP contribution < -0.4 is 0 Å². The van der Waals surface area contributed by atoms with Gasteiger partial charge in [-0.1, -0.05) is 0 Å². The minimum atomic E-state index is 0.379. The SMILES string of the molecule is C#CCCCCC(=N)OCC. The van der Waals surface area contributed by atoms with E-state index in [4.69, 9.17) is 16.6 Å². The number of rotatable bonds is 5. The molecule has 0 unspecified atom stereocenters. The largest absolute Gasteiger partial charge is 0.481 e. The van der Waals surface area contributed by atoms with Crippen molar-refractivity contribution in [3.05, 3.63) is 0 Å². The summed E-state index contributed by atoms with van der Waals surface area (Å²) in [5.41, 5.74) is 0. The molecule has 11 heavy (non-hydrogen) atoms. The highest BCUT2D eigenvalue weighted by Crippen LogP contribution is 2.00. The third-order valence-electron chi connectivity index (χ3n) is 1.29. The van der Waals surface area contributed by atoms with E-state index < -0.39 is 0 Å². The summed E-state index contributed by atoms with van der Waals surface area (Å²) in [6.45, 7) is 2.48. The number of ether oxygens (including phenoxy) is 1. The van der Waals surface area contributed by atoms with Crippen LogP contribution >= 0.6 is 0 Å². The van der Waals surface area contributed by atoms with Crippen molar-refractivity contribution in [1.29, 1.82) is 5.41 Å². The third kappa shape index (κ3) is 6.92. The molecular weight excluding hydrogens is 138 g/mol. The Morgan fingerprint density at radius 1 is 1.55 bits per heavy atom. The van der Waals surface area contributed by atoms with Crippen LogP contribution in [-0.4, -0.2) is 12.5 Å². The Kier molecular flexibility index (Phi) is 6.51. The summed E-state index contributed by atoms with van der Waals surface area (Å²) in [4.78, 5) is 0. The topological polar surface area (TPSA) is 33.1 Å². The van der Waals surface area contributed by atoms with Gasteiger partial charge in [0.2, 0.25) is 0 Å². The maximum Gasteiger partial charge on any atom is 0.180 e. The van der Waals surface area contributed by atoms with Gasteiger partial charge in [0.1, 0.15) is 0 Å². The predicted octanol–water partition coefficient (Wildman–Crippen LogP) is 2.19. The average Bonchev–Trinajstić information content (AvgIpc) is 1.99. The number of unbranched alkanes of at least 4 members (excludes halogenated alkanes) is 2. The van der Waals surface area contributed by atoms with Gasteiger partial charge >= 0.3 is 0 Å². The van der Waals surface area contributed by atoms with Crippen molar-refractivity contribution >= 4 is 5.90 Å². The van der Waals surface area contributed by atoms with Crippen molar-refractivity contribution in [1.82, 2.24) is 0 Å². The van der Waals surface area contributed by atoms with Crippen LogP contribution in [0.25, 0.3) is 0 Å². The summed E-state index contributed by atoms with van der Waals surface area (Å²) < 4.78 is 4.95. The fraction of sp³-hybridized carbons (Fsp3) is 0.667. The van der Waals surface area contributed by atoms with Crippen molar-refractivity contribution in [2.24, 2.45) is 0 Å². The Balaban J connectivity index is 3.12. The lowest BCUT2D eigenvalue weighted by atomic mass is 10.2. The third-order valence-corrected chi connectivity index (χ3v) is 1.29. The predicted molar refractivity (Wildman–Crippen MR) is 46.7 cm³/mol. The van der Waals surface area contributed by atoms with Crippen LogP contribution in [0, 0.1) is 17.8 Å². The van der Waals surface area contributed by atoms with E-state index in [1.807, 2.05) is 6.92 Å². The molecule has 0 aliphatic rings. The lowest BCUT2D eigenvalue weighted by Crippen LogP contribution is -2.01. The van der Waals surface area contributed by atoms with E-state index in [-0.39, 0.29) is 0 Å². The maximum absolute atomic E-state index is 7.25. The second kappa shape index (κ2) is 7.14. The summed E-state index contributed by atoms with van der Waals surface area (Å²) in [5.74, 6) is 2.94. The van der Waals surface area contributed by atoms with Gasteiger partial charge in [-0.15, -0.1) is 12.3 Å². The normalized spacial score (nSPS) is 8.73. The molecule has 0 saturated heterocycles. The van der Waals surface area contributed by atoms with E-state index in [1.54, 1.807) is 0 Å². The Labute approximate surface area is 68.5 Å². The molecule has 0 atom stereocenters. The maximum atomic E-state index is 7.25. The Hall–Kier alpha value is -0.970. The van der Waals surface area contributed by atoms with Gasteiger partial charge in [-0.2, -0.15) is 0 Å². The molecule has 0 spiro atoms. The molecule has 1 N–H and O–H groups in total. The second-order valence-corrected chi connectivity index (χ2v) is 2.27. The zero-order valence-electron chi connectivity index (χ0n) is 7.02. The Morgan fingerprint density at radius 3 is 2.82 bits per heavy atom. The van der Waals surface area contributed by atoms with Crippen molar-refractivity contribution in [2.45, 2.75) is 32.6 Å². The molecule has 0 heterocycles. The van der Waals surface area contributed by atoms with Gasteiger partial charge in [0.05, 0.1) is 6.61 Å². The molecule has 0 bridgehead atoms. The summed E-state index contributed by atoms with van der Waals surface area (Å²) >= 11 is 0. The number of hydrogen-bond acceptors (Lipinski definition) is 2. The van der Waals surface area contributed by atoms with Gasteiger partial charge in [-0.05, 0) is 19.8 Å². The second-order valence-electron chi connectivity index (χ2n) is 2.27. The molecule has 0 aromatic carbocycles. The highest BCUT2D eigenvalue weighted by atomic mass is 16.5. The molecule has 0 aliphatic heterocycles. The summed E-state index contributed by atoms with van der Waals surface area (Å²) in [6, 6.07) is 0. The van der Waals surface area contributed by atoms with Crippen molar-refractivity contribution in [2.75, 3.05) is 6.61 Å². The number of nitrogens with one attached hydrogen (secondary N) is 1. The molecular formula is C9H15NO. The molecule has 0 aromatic heterocycles. The first-order valence-electron chi connectivity index (χ1n) is 3.95. The Morgan fingerprint density at radius 2 is 2.27 bits per heavy atom. The summed E-state index contributed by atoms with van der Waals surface area (Å²) in [6.07, 6.45) is 8.55. The van der Waals surface area contributed by atoms with Crippen LogP contribution in [0.2, 0.25) is 0 Å². The molecule has 0 aromatic rings. The molecule has 0 rings (SSSR count). The van der Waals surface area contributed by atoms with Crippen molar-refractivity contribution < 1.29 is 4.74 Å². The lowest BCUT2D eigenvalue weighted by Gasteiger charge is -2.02. The van der Waals surface area contributed by atoms with Crippen molar-refractivity contribution in [3.63, 3.8) is 0 Å². The molecule has 0 saturated carbocycles. The number of terminal acetylenes is 1. The minimum absolute atomic E-state index is 0.379. The summed E-state index contributed by atoms with van der Waals surface area (Å²) in [7, 11) is 0. The van der Waals surface area contributed by atoms with Gasteiger partial charge in [0.15, 0.2) is 5.90 Å². The van der Waals surface area contributed by atoms with E-state index in [0.717, 1.165) is 25.7 Å². The smallest absolute Gasteiger partial charge is 0.180 e. The first kappa shape index (κ1) is 10.0. The van der Waals surface area contributed by atoms with Gasteiger partial charge in [-0.25, -0.2) is 0 Å². The van der Waals surface area contributed by atoms with Gasteiger partial charge < -0.3 is 4.74 Å². The van der Waals surface area contributed by atoms with Crippen LogP contribution in [0.5, 0.6) is 0 Å². The quantitative estimate of drug-likeness (QED) is 0.279. The zero-order chi connectivity index (χ0) is 8.53. The minimum Gasteiger partial charge on any atom is -0.481 e. The molecule has 2 nitrogen and oxygen atoms in total. The molecule has 0 radical (unpaired) electrons. The van der Waals surface area contributed by atoms with Crippen molar-refractivity contribution in [3.8, 4) is 12.3 Å². The van der Waals surface area contributed by atoms with Gasteiger partial charge in [0.25, 0.3) is 0 Å². The molecule has 62 valence electrons. The van der Waals surface area contributed by atoms with Crippen LogP contribution in [0.3, 0.4) is 0 Å².